The molecule has 6 heteroatoms. The first-order valence-corrected chi connectivity index (χ1v) is 4.52. The summed E-state index contributed by atoms with van der Waals surface area (Å²) in [6.45, 7) is 0. The van der Waals surface area contributed by atoms with Crippen LogP contribution in [0.1, 0.15) is 28.2 Å². The monoisotopic (exact) mass is 308 g/mol. The number of rotatable bonds is 2. The predicted octanol–water partition coefficient (Wildman–Crippen LogP) is 2.31. The molecular formula is C8H3F2IN2O. The molecule has 0 aromatic carbocycles. The van der Waals surface area contributed by atoms with E-state index in [1.54, 1.807) is 28.7 Å². The van der Waals surface area contributed by atoms with Crippen molar-refractivity contribution < 1.29 is 13.6 Å². The van der Waals surface area contributed by atoms with Crippen LogP contribution >= 0.6 is 22.6 Å². The lowest BCUT2D eigenvalue weighted by Crippen LogP contribution is -2.02. The van der Waals surface area contributed by atoms with E-state index in [4.69, 9.17) is 5.26 Å². The maximum atomic E-state index is 12.3. The second-order valence-corrected chi connectivity index (χ2v) is 3.49. The lowest BCUT2D eigenvalue weighted by Gasteiger charge is -2.03. The fourth-order valence-electron chi connectivity index (χ4n) is 0.865. The van der Waals surface area contributed by atoms with Gasteiger partial charge in [-0.05, 0) is 28.7 Å². The highest BCUT2D eigenvalue weighted by atomic mass is 127. The Balaban J connectivity index is 3.41. The molecule has 0 saturated heterocycles. The van der Waals surface area contributed by atoms with Gasteiger partial charge in [0.2, 0.25) is 0 Å². The highest BCUT2D eigenvalue weighted by Crippen LogP contribution is 2.22. The van der Waals surface area contributed by atoms with E-state index >= 15 is 0 Å². The van der Waals surface area contributed by atoms with E-state index in [1.807, 2.05) is 0 Å². The van der Waals surface area contributed by atoms with Crippen LogP contribution in [0.4, 0.5) is 8.78 Å². The van der Waals surface area contributed by atoms with Gasteiger partial charge in [-0.15, -0.1) is 0 Å². The molecule has 0 unspecified atom stereocenters. The van der Waals surface area contributed by atoms with Gasteiger partial charge in [-0.1, -0.05) is 0 Å². The van der Waals surface area contributed by atoms with Crippen molar-refractivity contribution in [3.05, 3.63) is 26.6 Å². The highest BCUT2D eigenvalue weighted by molar-refractivity contribution is 14.1. The molecule has 1 aromatic rings. The molecule has 1 rings (SSSR count). The van der Waals surface area contributed by atoms with E-state index in [-0.39, 0.29) is 11.3 Å². The van der Waals surface area contributed by atoms with E-state index in [2.05, 4.69) is 4.98 Å². The lowest BCUT2D eigenvalue weighted by molar-refractivity contribution is 0.110. The van der Waals surface area contributed by atoms with E-state index in [9.17, 15) is 13.6 Å². The van der Waals surface area contributed by atoms with E-state index in [0.29, 0.717) is 9.86 Å². The Morgan fingerprint density at radius 2 is 2.29 bits per heavy atom. The Kier molecular flexibility index (Phi) is 3.46. The molecule has 0 atom stereocenters. The molecule has 0 aliphatic carbocycles. The number of carbonyl (C=O) groups excluding carboxylic acids is 1. The minimum absolute atomic E-state index is 0.0912. The van der Waals surface area contributed by atoms with Crippen molar-refractivity contribution in [2.75, 3.05) is 0 Å². The maximum Gasteiger partial charge on any atom is 0.281 e. The highest BCUT2D eigenvalue weighted by Gasteiger charge is 2.17. The zero-order valence-electron chi connectivity index (χ0n) is 6.67. The van der Waals surface area contributed by atoms with Gasteiger partial charge in [-0.2, -0.15) is 5.26 Å². The van der Waals surface area contributed by atoms with Crippen molar-refractivity contribution in [1.82, 2.24) is 4.98 Å². The summed E-state index contributed by atoms with van der Waals surface area (Å²) in [4.78, 5) is 13.8. The summed E-state index contributed by atoms with van der Waals surface area (Å²) in [5, 5.41) is 8.54. The van der Waals surface area contributed by atoms with Crippen molar-refractivity contribution in [2.24, 2.45) is 0 Å². The number of pyridine rings is 1. The summed E-state index contributed by atoms with van der Waals surface area (Å²) >= 11 is 1.76. The fourth-order valence-corrected chi connectivity index (χ4v) is 1.44. The molecule has 1 aromatic heterocycles. The summed E-state index contributed by atoms with van der Waals surface area (Å²) in [5.41, 5.74) is -0.910. The Hall–Kier alpha value is -1.10. The Morgan fingerprint density at radius 1 is 1.64 bits per heavy atom. The number of halogens is 3. The van der Waals surface area contributed by atoms with E-state index in [1.165, 1.54) is 6.07 Å². The third kappa shape index (κ3) is 2.04. The zero-order chi connectivity index (χ0) is 10.7. The molecule has 0 N–H and O–H groups in total. The van der Waals surface area contributed by atoms with Gasteiger partial charge in [0, 0.05) is 5.56 Å². The Labute approximate surface area is 91.9 Å². The third-order valence-electron chi connectivity index (χ3n) is 1.48. The van der Waals surface area contributed by atoms with Crippen LogP contribution < -0.4 is 0 Å². The van der Waals surface area contributed by atoms with E-state index < -0.39 is 12.1 Å². The smallest absolute Gasteiger partial charge is 0.281 e. The number of nitriles is 1. The number of hydrogen-bond acceptors (Lipinski definition) is 3. The maximum absolute atomic E-state index is 12.3. The van der Waals surface area contributed by atoms with Gasteiger partial charge in [0.25, 0.3) is 6.43 Å². The topological polar surface area (TPSA) is 53.8 Å². The number of alkyl halides is 2. The molecule has 72 valence electrons. The lowest BCUT2D eigenvalue weighted by atomic mass is 10.2. The zero-order valence-corrected chi connectivity index (χ0v) is 8.83. The van der Waals surface area contributed by atoms with Gasteiger partial charge in [-0.3, -0.25) is 4.79 Å². The third-order valence-corrected chi connectivity index (χ3v) is 2.30. The molecule has 0 saturated carbocycles. The molecule has 0 spiro atoms. The molecule has 14 heavy (non-hydrogen) atoms. The number of aromatic nitrogens is 1. The summed E-state index contributed by atoms with van der Waals surface area (Å²) in [5.74, 6) is 0. The normalized spacial score (nSPS) is 9.93. The minimum Gasteiger partial charge on any atom is -0.298 e. The average molecular weight is 308 g/mol. The molecule has 0 aliphatic heterocycles. The average Bonchev–Trinajstić information content (AvgIpc) is 2.16. The van der Waals surface area contributed by atoms with Crippen LogP contribution in [0, 0.1) is 14.9 Å². The van der Waals surface area contributed by atoms with Gasteiger partial charge in [0.05, 0.1) is 3.57 Å². The van der Waals surface area contributed by atoms with Crippen LogP contribution in [0.15, 0.2) is 6.07 Å². The molecule has 0 aliphatic rings. The standard InChI is InChI=1S/C8H3F2IN2O/c9-8(10)7-4(3-14)1-5(11)6(2-12)13-7/h1,3,8H. The molecular weight excluding hydrogens is 305 g/mol. The SMILES string of the molecule is N#Cc1nc(C(F)F)c(C=O)cc1I. The van der Waals surface area contributed by atoms with Gasteiger partial charge in [0.15, 0.2) is 12.0 Å². The van der Waals surface area contributed by atoms with Crippen molar-refractivity contribution in [2.45, 2.75) is 6.43 Å². The molecule has 1 heterocycles. The number of aldehydes is 1. The second kappa shape index (κ2) is 4.41. The number of hydrogen-bond donors (Lipinski definition) is 0. The largest absolute Gasteiger partial charge is 0.298 e. The molecule has 0 radical (unpaired) electrons. The van der Waals surface area contributed by atoms with Crippen LogP contribution in [-0.2, 0) is 0 Å². The molecule has 3 nitrogen and oxygen atoms in total. The first-order chi connectivity index (χ1) is 6.60. The van der Waals surface area contributed by atoms with Crippen molar-refractivity contribution >= 4 is 28.9 Å². The van der Waals surface area contributed by atoms with Gasteiger partial charge in [0.1, 0.15) is 11.8 Å². The van der Waals surface area contributed by atoms with Gasteiger partial charge < -0.3 is 0 Å². The second-order valence-electron chi connectivity index (χ2n) is 2.32. The van der Waals surface area contributed by atoms with Crippen molar-refractivity contribution in [3.63, 3.8) is 0 Å². The summed E-state index contributed by atoms with van der Waals surface area (Å²) in [6, 6.07) is 2.90. The van der Waals surface area contributed by atoms with Gasteiger partial charge >= 0.3 is 0 Å². The van der Waals surface area contributed by atoms with Crippen LogP contribution in [0.3, 0.4) is 0 Å². The fraction of sp³-hybridized carbons (Fsp3) is 0.125. The van der Waals surface area contributed by atoms with E-state index in [0.717, 1.165) is 0 Å². The van der Waals surface area contributed by atoms with Crippen molar-refractivity contribution in [1.29, 1.82) is 5.26 Å². The van der Waals surface area contributed by atoms with Crippen LogP contribution in [-0.4, -0.2) is 11.3 Å². The summed E-state index contributed by atoms with van der Waals surface area (Å²) < 4.78 is 25.0. The van der Waals surface area contributed by atoms with Crippen LogP contribution in [0.5, 0.6) is 0 Å². The quantitative estimate of drug-likeness (QED) is 0.622. The minimum atomic E-state index is -2.85. The molecule has 0 fully saturated rings. The van der Waals surface area contributed by atoms with Crippen molar-refractivity contribution in [3.8, 4) is 6.07 Å². The summed E-state index contributed by atoms with van der Waals surface area (Å²) in [7, 11) is 0. The Bertz CT molecular complexity index is 415. The molecule has 0 amide bonds. The molecule has 0 bridgehead atoms. The first-order valence-electron chi connectivity index (χ1n) is 3.44. The van der Waals surface area contributed by atoms with Crippen LogP contribution in [0.25, 0.3) is 0 Å². The first kappa shape index (κ1) is 11.0. The number of nitrogens with zero attached hydrogens (tertiary/aromatic N) is 2. The predicted molar refractivity (Wildman–Crippen MR) is 52.0 cm³/mol. The Morgan fingerprint density at radius 3 is 2.71 bits per heavy atom. The summed E-state index contributed by atoms with van der Waals surface area (Å²) in [6.07, 6.45) is -2.54. The number of carbonyl (C=O) groups is 1. The van der Waals surface area contributed by atoms with Gasteiger partial charge in [-0.25, -0.2) is 13.8 Å². The van der Waals surface area contributed by atoms with Crippen LogP contribution in [0.2, 0.25) is 0 Å².